The summed E-state index contributed by atoms with van der Waals surface area (Å²) in [5.74, 6) is -0.151. The largest absolute Gasteiger partial charge is 0.370 e. The molecule has 1 aromatic carbocycles. The van der Waals surface area contributed by atoms with Gasteiger partial charge in [0.15, 0.2) is 11.9 Å². The van der Waals surface area contributed by atoms with Gasteiger partial charge in [-0.2, -0.15) is 0 Å². The van der Waals surface area contributed by atoms with Crippen molar-refractivity contribution in [2.45, 2.75) is 45.1 Å². The van der Waals surface area contributed by atoms with Crippen LogP contribution in [0.15, 0.2) is 30.3 Å². The molecule has 1 unspecified atom stereocenters. The predicted octanol–water partition coefficient (Wildman–Crippen LogP) is 2.71. The highest BCUT2D eigenvalue weighted by Crippen LogP contribution is 2.19. The summed E-state index contributed by atoms with van der Waals surface area (Å²) in [5.41, 5.74) is 6.39. The Balaban J connectivity index is 2.59. The summed E-state index contributed by atoms with van der Waals surface area (Å²) >= 11 is 0. The molecule has 0 aliphatic heterocycles. The number of nitrogens with two attached hydrogens (primary N) is 1. The van der Waals surface area contributed by atoms with E-state index in [1.165, 1.54) is 19.3 Å². The summed E-state index contributed by atoms with van der Waals surface area (Å²) in [6.45, 7) is 2.19. The summed E-state index contributed by atoms with van der Waals surface area (Å²) in [6.07, 6.45) is 5.74. The lowest BCUT2D eigenvalue weighted by Gasteiger charge is -2.21. The van der Waals surface area contributed by atoms with Gasteiger partial charge in [-0.3, -0.25) is 16.1 Å². The molecule has 6 N–H and O–H groups in total. The first-order valence-electron chi connectivity index (χ1n) is 7.14. The number of guanidine groups is 2. The van der Waals surface area contributed by atoms with Gasteiger partial charge in [-0.25, -0.2) is 0 Å². The standard InChI is InChI=1S/C15H25N5/c1-2-3-4-8-11-13(12-9-6-5-7-10-12)19-15(18)20-14(16)17/h5-7,9-10,13H,2-4,8,11H2,1H3,(H6,16,17,18,19,20). The Morgan fingerprint density at radius 3 is 2.45 bits per heavy atom. The molecule has 0 heterocycles. The topological polar surface area (TPSA) is 97.8 Å². The van der Waals surface area contributed by atoms with Crippen LogP contribution in [0.2, 0.25) is 0 Å². The van der Waals surface area contributed by atoms with E-state index in [-0.39, 0.29) is 18.0 Å². The van der Waals surface area contributed by atoms with E-state index < -0.39 is 0 Å². The Morgan fingerprint density at radius 1 is 1.15 bits per heavy atom. The van der Waals surface area contributed by atoms with E-state index in [1.807, 2.05) is 18.2 Å². The van der Waals surface area contributed by atoms with Gasteiger partial charge in [0.05, 0.1) is 6.04 Å². The first-order valence-corrected chi connectivity index (χ1v) is 7.14. The van der Waals surface area contributed by atoms with Crippen LogP contribution in [0.25, 0.3) is 0 Å². The van der Waals surface area contributed by atoms with Crippen LogP contribution in [-0.2, 0) is 0 Å². The molecular formula is C15H25N5. The maximum atomic E-state index is 7.77. The molecule has 0 saturated heterocycles. The van der Waals surface area contributed by atoms with Gasteiger partial charge in [-0.15, -0.1) is 0 Å². The van der Waals surface area contributed by atoms with E-state index in [0.29, 0.717) is 0 Å². The number of rotatable bonds is 7. The smallest absolute Gasteiger partial charge is 0.195 e. The first-order chi connectivity index (χ1) is 9.63. The molecule has 0 fully saturated rings. The molecule has 0 aliphatic carbocycles. The minimum absolute atomic E-state index is 0.0712. The van der Waals surface area contributed by atoms with Crippen molar-refractivity contribution in [3.63, 3.8) is 0 Å². The zero-order valence-electron chi connectivity index (χ0n) is 12.1. The number of hydrogen-bond acceptors (Lipinski definition) is 2. The van der Waals surface area contributed by atoms with Gasteiger partial charge < -0.3 is 11.1 Å². The average Bonchev–Trinajstić information content (AvgIpc) is 2.42. The lowest BCUT2D eigenvalue weighted by Crippen LogP contribution is -2.44. The summed E-state index contributed by atoms with van der Waals surface area (Å²) in [4.78, 5) is 0. The third kappa shape index (κ3) is 6.22. The summed E-state index contributed by atoms with van der Waals surface area (Å²) < 4.78 is 0. The van der Waals surface area contributed by atoms with Crippen LogP contribution in [0, 0.1) is 10.8 Å². The second-order valence-electron chi connectivity index (χ2n) is 4.87. The molecule has 0 spiro atoms. The molecule has 5 nitrogen and oxygen atoms in total. The van der Waals surface area contributed by atoms with Crippen LogP contribution in [0.4, 0.5) is 0 Å². The Bertz CT molecular complexity index is 416. The molecule has 1 rings (SSSR count). The molecule has 20 heavy (non-hydrogen) atoms. The third-order valence-corrected chi connectivity index (χ3v) is 3.13. The van der Waals surface area contributed by atoms with Gasteiger partial charge in [0.25, 0.3) is 0 Å². The minimum atomic E-state index is -0.222. The molecule has 0 radical (unpaired) electrons. The molecule has 0 aromatic heterocycles. The van der Waals surface area contributed by atoms with Crippen molar-refractivity contribution in [2.75, 3.05) is 0 Å². The Labute approximate surface area is 121 Å². The maximum absolute atomic E-state index is 7.77. The van der Waals surface area contributed by atoms with Crippen molar-refractivity contribution in [1.82, 2.24) is 10.6 Å². The van der Waals surface area contributed by atoms with Crippen LogP contribution < -0.4 is 16.4 Å². The van der Waals surface area contributed by atoms with Crippen molar-refractivity contribution in [1.29, 1.82) is 10.8 Å². The summed E-state index contributed by atoms with van der Waals surface area (Å²) in [7, 11) is 0. The van der Waals surface area contributed by atoms with Gasteiger partial charge in [0, 0.05) is 0 Å². The van der Waals surface area contributed by atoms with E-state index >= 15 is 0 Å². The Kier molecular flexibility index (Phi) is 7.17. The fourth-order valence-electron chi connectivity index (χ4n) is 2.13. The fourth-order valence-corrected chi connectivity index (χ4v) is 2.13. The number of nitrogens with one attached hydrogen (secondary N) is 4. The van der Waals surface area contributed by atoms with Crippen molar-refractivity contribution in [2.24, 2.45) is 5.73 Å². The highest BCUT2D eigenvalue weighted by atomic mass is 15.2. The molecule has 0 aliphatic rings. The lowest BCUT2D eigenvalue weighted by molar-refractivity contribution is 0.528. The zero-order chi connectivity index (χ0) is 14.8. The second kappa shape index (κ2) is 8.96. The SMILES string of the molecule is CCCCCCC(NC(=N)NC(=N)N)c1ccccc1. The van der Waals surface area contributed by atoms with Crippen molar-refractivity contribution < 1.29 is 0 Å². The Morgan fingerprint density at radius 2 is 1.85 bits per heavy atom. The highest BCUT2D eigenvalue weighted by molar-refractivity contribution is 5.94. The van der Waals surface area contributed by atoms with E-state index in [0.717, 1.165) is 18.4 Å². The zero-order valence-corrected chi connectivity index (χ0v) is 12.1. The fraction of sp³-hybridized carbons (Fsp3) is 0.467. The van der Waals surface area contributed by atoms with Crippen molar-refractivity contribution >= 4 is 11.9 Å². The molecule has 5 heteroatoms. The quantitative estimate of drug-likeness (QED) is 0.300. The first kappa shape index (κ1) is 16.0. The molecule has 1 aromatic rings. The van der Waals surface area contributed by atoms with Gasteiger partial charge in [-0.1, -0.05) is 62.9 Å². The van der Waals surface area contributed by atoms with Gasteiger partial charge >= 0.3 is 0 Å². The summed E-state index contributed by atoms with van der Waals surface area (Å²) in [5, 5.41) is 20.5. The monoisotopic (exact) mass is 275 g/mol. The molecule has 110 valence electrons. The van der Waals surface area contributed by atoms with Crippen LogP contribution in [-0.4, -0.2) is 11.9 Å². The van der Waals surface area contributed by atoms with E-state index in [9.17, 15) is 0 Å². The summed E-state index contributed by atoms with van der Waals surface area (Å²) in [6, 6.07) is 10.2. The Hall–Kier alpha value is -2.04. The van der Waals surface area contributed by atoms with Gasteiger partial charge in [0.1, 0.15) is 0 Å². The number of unbranched alkanes of at least 4 members (excludes halogenated alkanes) is 3. The van der Waals surface area contributed by atoms with Gasteiger partial charge in [0.2, 0.25) is 0 Å². The number of hydrogen-bond donors (Lipinski definition) is 5. The third-order valence-electron chi connectivity index (χ3n) is 3.13. The molecule has 0 amide bonds. The van der Waals surface area contributed by atoms with Gasteiger partial charge in [-0.05, 0) is 12.0 Å². The second-order valence-corrected chi connectivity index (χ2v) is 4.87. The van der Waals surface area contributed by atoms with Crippen molar-refractivity contribution in [3.05, 3.63) is 35.9 Å². The highest BCUT2D eigenvalue weighted by Gasteiger charge is 2.12. The molecule has 0 bridgehead atoms. The predicted molar refractivity (Wildman–Crippen MR) is 83.9 cm³/mol. The molecular weight excluding hydrogens is 250 g/mol. The average molecular weight is 275 g/mol. The normalized spacial score (nSPS) is 11.7. The maximum Gasteiger partial charge on any atom is 0.195 e. The van der Waals surface area contributed by atoms with Crippen LogP contribution in [0.5, 0.6) is 0 Å². The van der Waals surface area contributed by atoms with Crippen molar-refractivity contribution in [3.8, 4) is 0 Å². The molecule has 1 atom stereocenters. The molecule has 0 saturated carbocycles. The minimum Gasteiger partial charge on any atom is -0.370 e. The van der Waals surface area contributed by atoms with E-state index in [1.54, 1.807) is 0 Å². The van der Waals surface area contributed by atoms with Crippen LogP contribution in [0.3, 0.4) is 0 Å². The van der Waals surface area contributed by atoms with E-state index in [2.05, 4.69) is 29.7 Å². The van der Waals surface area contributed by atoms with E-state index in [4.69, 9.17) is 16.6 Å². The van der Waals surface area contributed by atoms with Crippen LogP contribution in [0.1, 0.15) is 50.6 Å². The number of benzene rings is 1. The lowest BCUT2D eigenvalue weighted by atomic mass is 10.00. The van der Waals surface area contributed by atoms with Crippen LogP contribution >= 0.6 is 0 Å².